The van der Waals surface area contributed by atoms with Crippen LogP contribution in [-0.4, -0.2) is 60.2 Å². The summed E-state index contributed by atoms with van der Waals surface area (Å²) in [6.07, 6.45) is 1.65. The minimum atomic E-state index is -0.521. The number of carbonyl (C=O) groups excluding carboxylic acids is 2. The first kappa shape index (κ1) is 22.1. The number of nitrogens with zero attached hydrogens (tertiary/aromatic N) is 2. The van der Waals surface area contributed by atoms with Crippen LogP contribution < -0.4 is 4.74 Å². The van der Waals surface area contributed by atoms with Crippen molar-refractivity contribution in [2.45, 2.75) is 59.1 Å². The van der Waals surface area contributed by atoms with E-state index in [1.165, 1.54) is 0 Å². The third-order valence-electron chi connectivity index (χ3n) is 4.85. The Morgan fingerprint density at radius 2 is 1.86 bits per heavy atom. The van der Waals surface area contributed by atoms with E-state index in [0.717, 1.165) is 25.1 Å². The van der Waals surface area contributed by atoms with Crippen LogP contribution in [0.5, 0.6) is 5.75 Å². The maximum Gasteiger partial charge on any atom is 0.410 e. The van der Waals surface area contributed by atoms with E-state index in [0.29, 0.717) is 18.7 Å². The standard InChI is InChI=1S/C22H34N2O4/c1-16(2)24(21(26)28-22(3,4)5)15-17-8-7-13-23(14-17)20(25)18-9-11-19(27-6)12-10-18/h9-12,16-17H,7-8,13-15H2,1-6H3. The number of hydrogen-bond acceptors (Lipinski definition) is 4. The van der Waals surface area contributed by atoms with Crippen LogP contribution in [0, 0.1) is 5.92 Å². The Hall–Kier alpha value is -2.24. The van der Waals surface area contributed by atoms with Crippen molar-refractivity contribution in [3.63, 3.8) is 0 Å². The van der Waals surface area contributed by atoms with Crippen LogP contribution in [0.25, 0.3) is 0 Å². The lowest BCUT2D eigenvalue weighted by molar-refractivity contribution is 0.0124. The van der Waals surface area contributed by atoms with E-state index in [2.05, 4.69) is 0 Å². The predicted octanol–water partition coefficient (Wildman–Crippen LogP) is 4.19. The fourth-order valence-electron chi connectivity index (χ4n) is 3.41. The summed E-state index contributed by atoms with van der Waals surface area (Å²) in [4.78, 5) is 29.1. The quantitative estimate of drug-likeness (QED) is 0.756. The minimum absolute atomic E-state index is 0.0284. The molecule has 156 valence electrons. The molecule has 0 aliphatic carbocycles. The second-order valence-corrected chi connectivity index (χ2v) is 8.71. The van der Waals surface area contributed by atoms with Crippen molar-refractivity contribution in [3.8, 4) is 5.75 Å². The Morgan fingerprint density at radius 1 is 1.21 bits per heavy atom. The van der Waals surface area contributed by atoms with Crippen LogP contribution in [0.15, 0.2) is 24.3 Å². The molecule has 1 aliphatic rings. The van der Waals surface area contributed by atoms with E-state index in [1.807, 2.05) is 39.5 Å². The van der Waals surface area contributed by atoms with Gasteiger partial charge in [-0.05, 0) is 77.6 Å². The molecule has 28 heavy (non-hydrogen) atoms. The highest BCUT2D eigenvalue weighted by molar-refractivity contribution is 5.94. The Kier molecular flexibility index (Phi) is 7.33. The number of benzene rings is 1. The fraction of sp³-hybridized carbons (Fsp3) is 0.636. The van der Waals surface area contributed by atoms with Crippen molar-refractivity contribution in [3.05, 3.63) is 29.8 Å². The van der Waals surface area contributed by atoms with Gasteiger partial charge in [-0.15, -0.1) is 0 Å². The molecule has 1 unspecified atom stereocenters. The van der Waals surface area contributed by atoms with Gasteiger partial charge >= 0.3 is 6.09 Å². The summed E-state index contributed by atoms with van der Waals surface area (Å²) in [6, 6.07) is 7.25. The number of rotatable bonds is 5. The van der Waals surface area contributed by atoms with Gasteiger partial charge in [-0.25, -0.2) is 4.79 Å². The lowest BCUT2D eigenvalue weighted by atomic mass is 9.96. The third kappa shape index (κ3) is 6.14. The molecule has 6 nitrogen and oxygen atoms in total. The van der Waals surface area contributed by atoms with Crippen molar-refractivity contribution in [1.29, 1.82) is 0 Å². The van der Waals surface area contributed by atoms with Crippen molar-refractivity contribution in [1.82, 2.24) is 9.80 Å². The molecule has 1 aliphatic heterocycles. The lowest BCUT2D eigenvalue weighted by Crippen LogP contribution is -2.48. The summed E-state index contributed by atoms with van der Waals surface area (Å²) in [7, 11) is 1.61. The Morgan fingerprint density at radius 3 is 2.39 bits per heavy atom. The zero-order valence-electron chi connectivity index (χ0n) is 18.0. The van der Waals surface area contributed by atoms with E-state index in [9.17, 15) is 9.59 Å². The smallest absolute Gasteiger partial charge is 0.410 e. The monoisotopic (exact) mass is 390 g/mol. The molecule has 1 aromatic carbocycles. The van der Waals surface area contributed by atoms with Gasteiger partial charge in [0.15, 0.2) is 0 Å². The van der Waals surface area contributed by atoms with E-state index in [1.54, 1.807) is 36.3 Å². The van der Waals surface area contributed by atoms with Crippen LogP contribution in [0.4, 0.5) is 4.79 Å². The minimum Gasteiger partial charge on any atom is -0.497 e. The molecule has 0 bridgehead atoms. The molecule has 1 fully saturated rings. The Bertz CT molecular complexity index is 664. The molecular weight excluding hydrogens is 356 g/mol. The van der Waals surface area contributed by atoms with Crippen molar-refractivity contribution in [2.75, 3.05) is 26.7 Å². The van der Waals surface area contributed by atoms with Gasteiger partial charge in [-0.1, -0.05) is 0 Å². The van der Waals surface area contributed by atoms with Crippen molar-refractivity contribution >= 4 is 12.0 Å². The molecule has 2 rings (SSSR count). The zero-order chi connectivity index (χ0) is 20.9. The van der Waals surface area contributed by atoms with Gasteiger partial charge in [-0.2, -0.15) is 0 Å². The highest BCUT2D eigenvalue weighted by Gasteiger charge is 2.30. The van der Waals surface area contributed by atoms with Crippen LogP contribution in [-0.2, 0) is 4.74 Å². The fourth-order valence-corrected chi connectivity index (χ4v) is 3.41. The van der Waals surface area contributed by atoms with Gasteiger partial charge in [0.1, 0.15) is 11.4 Å². The average Bonchev–Trinajstić information content (AvgIpc) is 2.64. The lowest BCUT2D eigenvalue weighted by Gasteiger charge is -2.37. The maximum absolute atomic E-state index is 12.9. The number of hydrogen-bond donors (Lipinski definition) is 0. The van der Waals surface area contributed by atoms with E-state index >= 15 is 0 Å². The van der Waals surface area contributed by atoms with Crippen LogP contribution >= 0.6 is 0 Å². The summed E-state index contributed by atoms with van der Waals surface area (Å²) in [5.41, 5.74) is 0.141. The molecule has 2 amide bonds. The zero-order valence-corrected chi connectivity index (χ0v) is 18.0. The Labute approximate surface area is 168 Å². The van der Waals surface area contributed by atoms with Crippen molar-refractivity contribution in [2.24, 2.45) is 5.92 Å². The van der Waals surface area contributed by atoms with Gasteiger partial charge in [0.2, 0.25) is 0 Å². The van der Waals surface area contributed by atoms with Gasteiger partial charge in [-0.3, -0.25) is 4.79 Å². The first-order chi connectivity index (χ1) is 13.1. The SMILES string of the molecule is COc1ccc(C(=O)N2CCCC(CN(C(=O)OC(C)(C)C)C(C)C)C2)cc1. The molecule has 0 N–H and O–H groups in total. The summed E-state index contributed by atoms with van der Waals surface area (Å²) >= 11 is 0. The van der Waals surface area contributed by atoms with Gasteiger partial charge < -0.3 is 19.3 Å². The van der Waals surface area contributed by atoms with Gasteiger partial charge in [0.05, 0.1) is 7.11 Å². The molecule has 0 spiro atoms. The third-order valence-corrected chi connectivity index (χ3v) is 4.85. The Balaban J connectivity index is 2.02. The first-order valence-electron chi connectivity index (χ1n) is 10.0. The van der Waals surface area contributed by atoms with Crippen molar-refractivity contribution < 1.29 is 19.1 Å². The molecule has 1 atom stereocenters. The predicted molar refractivity (Wildman–Crippen MR) is 110 cm³/mol. The second kappa shape index (κ2) is 9.30. The first-order valence-corrected chi connectivity index (χ1v) is 10.0. The van der Waals surface area contributed by atoms with Gasteiger partial charge in [0, 0.05) is 31.2 Å². The molecule has 1 saturated heterocycles. The number of amides is 2. The number of carbonyl (C=O) groups is 2. The largest absolute Gasteiger partial charge is 0.497 e. The number of methoxy groups -OCH3 is 1. The molecule has 0 aromatic heterocycles. The number of ether oxygens (including phenoxy) is 2. The number of likely N-dealkylation sites (tertiary alicyclic amines) is 1. The highest BCUT2D eigenvalue weighted by atomic mass is 16.6. The molecule has 0 radical (unpaired) electrons. The van der Waals surface area contributed by atoms with Crippen LogP contribution in [0.1, 0.15) is 57.8 Å². The number of piperidine rings is 1. The molecule has 1 aromatic rings. The summed E-state index contributed by atoms with van der Waals surface area (Å²) < 4.78 is 10.7. The van der Waals surface area contributed by atoms with E-state index < -0.39 is 5.60 Å². The highest BCUT2D eigenvalue weighted by Crippen LogP contribution is 2.22. The average molecular weight is 391 g/mol. The normalized spacial score (nSPS) is 17.4. The second-order valence-electron chi connectivity index (χ2n) is 8.71. The van der Waals surface area contributed by atoms with Crippen LogP contribution in [0.3, 0.4) is 0 Å². The summed E-state index contributed by atoms with van der Waals surface area (Å²) in [5.74, 6) is 1.00. The van der Waals surface area contributed by atoms with Gasteiger partial charge in [0.25, 0.3) is 5.91 Å². The van der Waals surface area contributed by atoms with E-state index in [4.69, 9.17) is 9.47 Å². The summed E-state index contributed by atoms with van der Waals surface area (Å²) in [5, 5.41) is 0. The topological polar surface area (TPSA) is 59.1 Å². The maximum atomic E-state index is 12.9. The summed E-state index contributed by atoms with van der Waals surface area (Å²) in [6.45, 7) is 11.6. The van der Waals surface area contributed by atoms with Crippen LogP contribution in [0.2, 0.25) is 0 Å². The molecule has 6 heteroatoms. The molecule has 0 saturated carbocycles. The molecular formula is C22H34N2O4. The van der Waals surface area contributed by atoms with E-state index in [-0.39, 0.29) is 24.0 Å². The molecule has 1 heterocycles.